The van der Waals surface area contributed by atoms with Crippen LogP contribution < -0.4 is 10.5 Å². The molecule has 1 amide bonds. The minimum absolute atomic E-state index is 0.0535. The van der Waals surface area contributed by atoms with Gasteiger partial charge in [0.05, 0.1) is 33.3 Å². The highest BCUT2D eigenvalue weighted by atomic mass is 32.1. The van der Waals surface area contributed by atoms with Gasteiger partial charge in [-0.2, -0.15) is 0 Å². The number of thiophene rings is 1. The van der Waals surface area contributed by atoms with E-state index < -0.39 is 11.9 Å². The number of aliphatic hydroxyl groups excluding tert-OH is 1. The summed E-state index contributed by atoms with van der Waals surface area (Å²) in [6.45, 7) is 0.766. The highest BCUT2D eigenvalue weighted by molar-refractivity contribution is 7.22. The molecule has 4 aromatic rings. The van der Waals surface area contributed by atoms with E-state index >= 15 is 0 Å². The Kier molecular flexibility index (Phi) is 5.20. The summed E-state index contributed by atoms with van der Waals surface area (Å²) in [5.41, 5.74) is 8.30. The highest BCUT2D eigenvalue weighted by Crippen LogP contribution is 2.39. The number of hydrogen-bond donors (Lipinski definition) is 2. The van der Waals surface area contributed by atoms with Crippen molar-refractivity contribution in [2.75, 3.05) is 12.3 Å². The third-order valence-electron chi connectivity index (χ3n) is 5.20. The van der Waals surface area contributed by atoms with Crippen molar-refractivity contribution in [3.63, 3.8) is 0 Å². The molecule has 0 bridgehead atoms. The van der Waals surface area contributed by atoms with Crippen LogP contribution in [0, 0.1) is 5.82 Å². The molecule has 7 nitrogen and oxygen atoms in total. The Bertz CT molecular complexity index is 1310. The summed E-state index contributed by atoms with van der Waals surface area (Å²) in [7, 11) is 0. The summed E-state index contributed by atoms with van der Waals surface area (Å²) < 4.78 is 20.7. The standard InChI is InChI=1S/C23H19FN4O3S/c24-16-7-14(25)2-4-19(16)31-20-5-6-26-18-9-21(32-23(18)20)17-3-1-13(10-27-17)11-28-12-15(29)8-22(28)30/h1-7,9-10,15,29H,8,11-12,25H2. The van der Waals surface area contributed by atoms with Crippen LogP contribution in [0.5, 0.6) is 11.5 Å². The Morgan fingerprint density at radius 3 is 2.78 bits per heavy atom. The number of halogens is 1. The number of β-amino-alcohol motifs (C(OH)–C–C–N with tert-alkyl or cyclic N) is 1. The number of benzene rings is 1. The second kappa shape index (κ2) is 8.18. The predicted octanol–water partition coefficient (Wildman–Crippen LogP) is 3.97. The molecule has 1 saturated heterocycles. The molecular weight excluding hydrogens is 431 g/mol. The molecule has 1 unspecified atom stereocenters. The quantitative estimate of drug-likeness (QED) is 0.446. The van der Waals surface area contributed by atoms with Crippen LogP contribution in [-0.2, 0) is 11.3 Å². The number of anilines is 1. The number of aliphatic hydroxyl groups is 1. The van der Waals surface area contributed by atoms with Gasteiger partial charge in [-0.3, -0.25) is 14.8 Å². The predicted molar refractivity (Wildman–Crippen MR) is 120 cm³/mol. The topological polar surface area (TPSA) is 102 Å². The van der Waals surface area contributed by atoms with E-state index in [9.17, 15) is 14.3 Å². The fourth-order valence-electron chi connectivity index (χ4n) is 3.63. The van der Waals surface area contributed by atoms with Crippen molar-refractivity contribution >= 4 is 33.1 Å². The van der Waals surface area contributed by atoms with Gasteiger partial charge in [0.25, 0.3) is 0 Å². The lowest BCUT2D eigenvalue weighted by Crippen LogP contribution is -2.25. The fourth-order valence-corrected chi connectivity index (χ4v) is 4.67. The van der Waals surface area contributed by atoms with Gasteiger partial charge in [-0.05, 0) is 29.8 Å². The first-order valence-corrected chi connectivity index (χ1v) is 10.8. The zero-order valence-electron chi connectivity index (χ0n) is 16.9. The summed E-state index contributed by atoms with van der Waals surface area (Å²) >= 11 is 1.45. The molecule has 162 valence electrons. The van der Waals surface area contributed by atoms with E-state index in [0.29, 0.717) is 24.5 Å². The fraction of sp³-hybridized carbons (Fsp3) is 0.174. The van der Waals surface area contributed by atoms with E-state index in [4.69, 9.17) is 10.5 Å². The van der Waals surface area contributed by atoms with Crippen molar-refractivity contribution in [3.05, 3.63) is 66.2 Å². The van der Waals surface area contributed by atoms with Crippen LogP contribution in [0.2, 0.25) is 0 Å². The first kappa shape index (κ1) is 20.3. The van der Waals surface area contributed by atoms with Gasteiger partial charge >= 0.3 is 0 Å². The van der Waals surface area contributed by atoms with Crippen molar-refractivity contribution in [1.82, 2.24) is 14.9 Å². The van der Waals surface area contributed by atoms with Crippen LogP contribution in [-0.4, -0.2) is 38.5 Å². The van der Waals surface area contributed by atoms with Crippen LogP contribution in [0.4, 0.5) is 10.1 Å². The number of carbonyl (C=O) groups excluding carboxylic acids is 1. The Labute approximate surface area is 186 Å². The number of amides is 1. The first-order valence-electron chi connectivity index (χ1n) is 9.99. The normalized spacial score (nSPS) is 16.1. The lowest BCUT2D eigenvalue weighted by atomic mass is 10.2. The van der Waals surface area contributed by atoms with Gasteiger partial charge in [0, 0.05) is 43.3 Å². The lowest BCUT2D eigenvalue weighted by molar-refractivity contribution is -0.128. The molecule has 9 heteroatoms. The Balaban J connectivity index is 1.39. The maximum Gasteiger partial charge on any atom is 0.225 e. The lowest BCUT2D eigenvalue weighted by Gasteiger charge is -2.15. The molecular formula is C23H19FN4O3S. The zero-order valence-corrected chi connectivity index (χ0v) is 17.7. The van der Waals surface area contributed by atoms with Crippen LogP contribution in [0.15, 0.2) is 54.9 Å². The van der Waals surface area contributed by atoms with E-state index in [1.807, 2.05) is 18.2 Å². The van der Waals surface area contributed by atoms with Crippen molar-refractivity contribution in [3.8, 4) is 22.1 Å². The van der Waals surface area contributed by atoms with E-state index in [1.165, 1.54) is 23.5 Å². The number of rotatable bonds is 5. The number of aromatic nitrogens is 2. The third kappa shape index (κ3) is 4.00. The van der Waals surface area contributed by atoms with Gasteiger partial charge in [-0.25, -0.2) is 4.39 Å². The largest absolute Gasteiger partial charge is 0.453 e. The van der Waals surface area contributed by atoms with E-state index in [2.05, 4.69) is 9.97 Å². The minimum atomic E-state index is -0.598. The number of nitrogens with zero attached hydrogens (tertiary/aromatic N) is 3. The maximum absolute atomic E-state index is 14.2. The number of carbonyl (C=O) groups is 1. The molecule has 1 atom stereocenters. The van der Waals surface area contributed by atoms with Gasteiger partial charge in [-0.1, -0.05) is 6.07 Å². The highest BCUT2D eigenvalue weighted by Gasteiger charge is 2.27. The Hall–Kier alpha value is -3.56. The number of hydrogen-bond acceptors (Lipinski definition) is 7. The minimum Gasteiger partial charge on any atom is -0.453 e. The third-order valence-corrected chi connectivity index (χ3v) is 6.36. The summed E-state index contributed by atoms with van der Waals surface area (Å²) in [5, 5.41) is 9.63. The van der Waals surface area contributed by atoms with Crippen LogP contribution in [0.25, 0.3) is 20.8 Å². The Morgan fingerprint density at radius 2 is 2.06 bits per heavy atom. The van der Waals surface area contributed by atoms with E-state index in [0.717, 1.165) is 26.4 Å². The number of likely N-dealkylation sites (tertiary alicyclic amines) is 1. The van der Waals surface area contributed by atoms with Crippen molar-refractivity contribution in [2.45, 2.75) is 19.1 Å². The molecule has 5 rings (SSSR count). The molecule has 3 N–H and O–H groups in total. The summed E-state index contributed by atoms with van der Waals surface area (Å²) in [4.78, 5) is 23.3. The van der Waals surface area contributed by atoms with E-state index in [-0.39, 0.29) is 18.1 Å². The SMILES string of the molecule is Nc1ccc(Oc2ccnc3cc(-c4ccc(CN5CC(O)CC5=O)cn4)sc23)c(F)c1. The monoisotopic (exact) mass is 450 g/mol. The van der Waals surface area contributed by atoms with Gasteiger partial charge in [0.1, 0.15) is 5.75 Å². The van der Waals surface area contributed by atoms with Crippen LogP contribution in [0.3, 0.4) is 0 Å². The second-order valence-electron chi connectivity index (χ2n) is 7.61. The van der Waals surface area contributed by atoms with Gasteiger partial charge in [-0.15, -0.1) is 11.3 Å². The first-order chi connectivity index (χ1) is 15.5. The molecule has 0 radical (unpaired) electrons. The Morgan fingerprint density at radius 1 is 1.19 bits per heavy atom. The molecule has 1 aliphatic rings. The number of nitrogen functional groups attached to an aromatic ring is 1. The van der Waals surface area contributed by atoms with Crippen LogP contribution >= 0.6 is 11.3 Å². The van der Waals surface area contributed by atoms with Crippen molar-refractivity contribution in [1.29, 1.82) is 0 Å². The molecule has 32 heavy (non-hydrogen) atoms. The van der Waals surface area contributed by atoms with Gasteiger partial charge in [0.2, 0.25) is 5.91 Å². The molecule has 1 fully saturated rings. The molecule has 1 aliphatic heterocycles. The summed E-state index contributed by atoms with van der Waals surface area (Å²) in [6, 6.07) is 11.7. The molecule has 4 heterocycles. The van der Waals surface area contributed by atoms with Gasteiger partial charge in [0.15, 0.2) is 11.6 Å². The number of fused-ring (bicyclic) bond motifs is 1. The molecule has 1 aromatic carbocycles. The van der Waals surface area contributed by atoms with Crippen molar-refractivity contribution in [2.24, 2.45) is 0 Å². The molecule has 0 aliphatic carbocycles. The molecule has 3 aromatic heterocycles. The van der Waals surface area contributed by atoms with Gasteiger partial charge < -0.3 is 20.5 Å². The summed E-state index contributed by atoms with van der Waals surface area (Å²) in [5.74, 6) is -0.00132. The second-order valence-corrected chi connectivity index (χ2v) is 8.66. The van der Waals surface area contributed by atoms with Crippen molar-refractivity contribution < 1.29 is 19.0 Å². The maximum atomic E-state index is 14.2. The molecule has 0 saturated carbocycles. The zero-order chi connectivity index (χ0) is 22.2. The average Bonchev–Trinajstić information content (AvgIpc) is 3.34. The number of ether oxygens (including phenoxy) is 1. The van der Waals surface area contributed by atoms with E-state index in [1.54, 1.807) is 29.4 Å². The number of nitrogens with two attached hydrogens (primary N) is 1. The molecule has 0 spiro atoms. The number of pyridine rings is 2. The summed E-state index contributed by atoms with van der Waals surface area (Å²) in [6.07, 6.45) is 2.91. The average molecular weight is 450 g/mol. The van der Waals surface area contributed by atoms with Crippen LogP contribution in [0.1, 0.15) is 12.0 Å². The smallest absolute Gasteiger partial charge is 0.225 e.